The predicted octanol–water partition coefficient (Wildman–Crippen LogP) is 1.59. The SMILES string of the molecule is COC(=O)/C(=C/C1CCCC1)NC(=O)CCl. The van der Waals surface area contributed by atoms with Crippen LogP contribution in [0.25, 0.3) is 0 Å². The molecule has 4 nitrogen and oxygen atoms in total. The molecule has 0 spiro atoms. The lowest BCUT2D eigenvalue weighted by atomic mass is 10.1. The van der Waals surface area contributed by atoms with E-state index in [-0.39, 0.29) is 11.6 Å². The van der Waals surface area contributed by atoms with Crippen molar-refractivity contribution < 1.29 is 14.3 Å². The summed E-state index contributed by atoms with van der Waals surface area (Å²) in [6.07, 6.45) is 6.22. The third-order valence-electron chi connectivity index (χ3n) is 2.60. The van der Waals surface area contributed by atoms with Crippen LogP contribution in [0.2, 0.25) is 0 Å². The van der Waals surface area contributed by atoms with E-state index in [1.165, 1.54) is 20.0 Å². The van der Waals surface area contributed by atoms with Crippen molar-refractivity contribution in [3.05, 3.63) is 11.8 Å². The number of esters is 1. The number of halogens is 1. The molecule has 1 N–H and O–H groups in total. The summed E-state index contributed by atoms with van der Waals surface area (Å²) >= 11 is 5.37. The number of ether oxygens (including phenoxy) is 1. The van der Waals surface area contributed by atoms with Crippen molar-refractivity contribution in [2.75, 3.05) is 13.0 Å². The Labute approximate surface area is 100.0 Å². The van der Waals surface area contributed by atoms with Crippen molar-refractivity contribution in [2.24, 2.45) is 5.92 Å². The number of hydrogen-bond acceptors (Lipinski definition) is 3. The molecule has 1 aliphatic rings. The summed E-state index contributed by atoms with van der Waals surface area (Å²) in [5.41, 5.74) is 0.208. The van der Waals surface area contributed by atoms with Crippen LogP contribution in [0, 0.1) is 5.92 Å². The number of carbonyl (C=O) groups excluding carboxylic acids is 2. The Kier molecular flexibility index (Phi) is 5.32. The second-order valence-corrected chi connectivity index (χ2v) is 4.07. The molecule has 0 aromatic heterocycles. The van der Waals surface area contributed by atoms with Gasteiger partial charge in [-0.1, -0.05) is 18.9 Å². The van der Waals surface area contributed by atoms with Gasteiger partial charge in [0.2, 0.25) is 5.91 Å². The van der Waals surface area contributed by atoms with Gasteiger partial charge >= 0.3 is 5.97 Å². The smallest absolute Gasteiger partial charge is 0.354 e. The van der Waals surface area contributed by atoms with E-state index in [9.17, 15) is 9.59 Å². The average molecular weight is 246 g/mol. The summed E-state index contributed by atoms with van der Waals surface area (Å²) < 4.78 is 4.60. The Morgan fingerprint density at radius 3 is 2.56 bits per heavy atom. The first-order valence-corrected chi connectivity index (χ1v) is 5.86. The second kappa shape index (κ2) is 6.53. The van der Waals surface area contributed by atoms with Gasteiger partial charge in [0.25, 0.3) is 0 Å². The molecule has 90 valence electrons. The van der Waals surface area contributed by atoms with Gasteiger partial charge in [0.15, 0.2) is 0 Å². The van der Waals surface area contributed by atoms with E-state index in [0.29, 0.717) is 5.92 Å². The first kappa shape index (κ1) is 13.0. The van der Waals surface area contributed by atoms with Crippen LogP contribution in [0.4, 0.5) is 0 Å². The van der Waals surface area contributed by atoms with E-state index in [1.807, 2.05) is 0 Å². The topological polar surface area (TPSA) is 55.4 Å². The molecule has 0 aliphatic heterocycles. The molecule has 0 aromatic rings. The first-order chi connectivity index (χ1) is 7.67. The number of rotatable bonds is 4. The molecule has 0 atom stereocenters. The monoisotopic (exact) mass is 245 g/mol. The number of nitrogens with one attached hydrogen (secondary N) is 1. The molecule has 0 unspecified atom stereocenters. The summed E-state index contributed by atoms with van der Waals surface area (Å²) in [5, 5.41) is 2.46. The maximum Gasteiger partial charge on any atom is 0.354 e. The normalized spacial score (nSPS) is 17.2. The number of hydrogen-bond donors (Lipinski definition) is 1. The Bertz CT molecular complexity index is 296. The van der Waals surface area contributed by atoms with Gasteiger partial charge in [-0.2, -0.15) is 0 Å². The van der Waals surface area contributed by atoms with Crippen molar-refractivity contribution in [2.45, 2.75) is 25.7 Å². The lowest BCUT2D eigenvalue weighted by Gasteiger charge is -2.09. The zero-order valence-corrected chi connectivity index (χ0v) is 10.0. The highest BCUT2D eigenvalue weighted by Crippen LogP contribution is 2.26. The minimum atomic E-state index is -0.523. The molecule has 0 saturated heterocycles. The zero-order chi connectivity index (χ0) is 12.0. The van der Waals surface area contributed by atoms with Crippen molar-refractivity contribution in [1.29, 1.82) is 0 Å². The van der Waals surface area contributed by atoms with Crippen LogP contribution in [0.3, 0.4) is 0 Å². The van der Waals surface area contributed by atoms with E-state index >= 15 is 0 Å². The Morgan fingerprint density at radius 1 is 1.44 bits per heavy atom. The van der Waals surface area contributed by atoms with E-state index in [4.69, 9.17) is 11.6 Å². The fourth-order valence-electron chi connectivity index (χ4n) is 1.81. The van der Waals surface area contributed by atoms with E-state index in [2.05, 4.69) is 10.1 Å². The van der Waals surface area contributed by atoms with Crippen molar-refractivity contribution in [3.63, 3.8) is 0 Å². The highest BCUT2D eigenvalue weighted by molar-refractivity contribution is 6.27. The number of amides is 1. The van der Waals surface area contributed by atoms with Crippen molar-refractivity contribution in [3.8, 4) is 0 Å². The minimum Gasteiger partial charge on any atom is -0.464 e. The van der Waals surface area contributed by atoms with Crippen LogP contribution < -0.4 is 5.32 Å². The molecule has 1 aliphatic carbocycles. The van der Waals surface area contributed by atoms with E-state index in [1.54, 1.807) is 6.08 Å². The zero-order valence-electron chi connectivity index (χ0n) is 9.29. The molecular weight excluding hydrogens is 230 g/mol. The minimum absolute atomic E-state index is 0.168. The highest BCUT2D eigenvalue weighted by Gasteiger charge is 2.18. The average Bonchev–Trinajstić information content (AvgIpc) is 2.79. The maximum absolute atomic E-state index is 11.4. The van der Waals surface area contributed by atoms with E-state index < -0.39 is 11.9 Å². The third kappa shape index (κ3) is 3.85. The van der Waals surface area contributed by atoms with Gasteiger partial charge in [-0.15, -0.1) is 11.6 Å². The summed E-state index contributed by atoms with van der Waals surface area (Å²) in [6.45, 7) is 0. The predicted molar refractivity (Wildman–Crippen MR) is 60.9 cm³/mol. The van der Waals surface area contributed by atoms with E-state index in [0.717, 1.165) is 12.8 Å². The highest BCUT2D eigenvalue weighted by atomic mass is 35.5. The standard InChI is InChI=1S/C11H16ClNO3/c1-16-11(15)9(13-10(14)7-12)6-8-4-2-3-5-8/h6,8H,2-5,7H2,1H3,(H,13,14)/b9-6-. The summed E-state index contributed by atoms with van der Waals surface area (Å²) in [5.74, 6) is -0.731. The van der Waals surface area contributed by atoms with Gasteiger partial charge in [0.05, 0.1) is 7.11 Å². The Hall–Kier alpha value is -1.03. The molecule has 1 saturated carbocycles. The number of allylic oxidation sites excluding steroid dienone is 1. The van der Waals surface area contributed by atoms with Crippen LogP contribution in [0.5, 0.6) is 0 Å². The molecule has 16 heavy (non-hydrogen) atoms. The molecule has 0 bridgehead atoms. The van der Waals surface area contributed by atoms with Crippen LogP contribution in [0.1, 0.15) is 25.7 Å². The number of methoxy groups -OCH3 is 1. The molecule has 5 heteroatoms. The number of alkyl halides is 1. The Balaban J connectivity index is 2.69. The second-order valence-electron chi connectivity index (χ2n) is 3.80. The number of carbonyl (C=O) groups is 2. The molecule has 0 radical (unpaired) electrons. The summed E-state index contributed by atoms with van der Waals surface area (Å²) in [4.78, 5) is 22.5. The van der Waals surface area contributed by atoms with Crippen LogP contribution in [0.15, 0.2) is 11.8 Å². The summed E-state index contributed by atoms with van der Waals surface area (Å²) in [6, 6.07) is 0. The maximum atomic E-state index is 11.4. The molecule has 1 rings (SSSR count). The van der Waals surface area contributed by atoms with Crippen molar-refractivity contribution >= 4 is 23.5 Å². The van der Waals surface area contributed by atoms with Gasteiger partial charge in [-0.25, -0.2) is 4.79 Å². The fourth-order valence-corrected chi connectivity index (χ4v) is 1.88. The van der Waals surface area contributed by atoms with Gasteiger partial charge in [0, 0.05) is 0 Å². The molecule has 1 fully saturated rings. The largest absolute Gasteiger partial charge is 0.464 e. The molecule has 0 aromatic carbocycles. The van der Waals surface area contributed by atoms with Crippen LogP contribution in [-0.4, -0.2) is 24.9 Å². The van der Waals surface area contributed by atoms with Gasteiger partial charge < -0.3 is 10.1 Å². The lowest BCUT2D eigenvalue weighted by molar-refractivity contribution is -0.137. The fraction of sp³-hybridized carbons (Fsp3) is 0.636. The third-order valence-corrected chi connectivity index (χ3v) is 2.85. The molecule has 1 amide bonds. The van der Waals surface area contributed by atoms with Gasteiger partial charge in [0.1, 0.15) is 11.6 Å². The van der Waals surface area contributed by atoms with Crippen molar-refractivity contribution in [1.82, 2.24) is 5.32 Å². The lowest BCUT2D eigenvalue weighted by Crippen LogP contribution is -2.29. The van der Waals surface area contributed by atoms with Gasteiger partial charge in [-0.05, 0) is 18.8 Å². The molecule has 0 heterocycles. The molecular formula is C11H16ClNO3. The Morgan fingerprint density at radius 2 is 2.06 bits per heavy atom. The summed E-state index contributed by atoms with van der Waals surface area (Å²) in [7, 11) is 1.29. The first-order valence-electron chi connectivity index (χ1n) is 5.33. The van der Waals surface area contributed by atoms with Gasteiger partial charge in [-0.3, -0.25) is 4.79 Å². The van der Waals surface area contributed by atoms with Crippen LogP contribution in [-0.2, 0) is 14.3 Å². The quantitative estimate of drug-likeness (QED) is 0.465. The van der Waals surface area contributed by atoms with Crippen LogP contribution >= 0.6 is 11.6 Å².